The normalized spacial score (nSPS) is 13.9. The van der Waals surface area contributed by atoms with Crippen molar-refractivity contribution in [2.24, 2.45) is 0 Å². The molecular weight excluding hydrogens is 248 g/mol. The second-order valence-corrected chi connectivity index (χ2v) is 5.03. The van der Waals surface area contributed by atoms with Gasteiger partial charge in [-0.25, -0.2) is 4.98 Å². The lowest BCUT2D eigenvalue weighted by molar-refractivity contribution is -0.117. The first-order valence-electron chi connectivity index (χ1n) is 5.58. The van der Waals surface area contributed by atoms with Gasteiger partial charge in [0, 0.05) is 18.3 Å². The van der Waals surface area contributed by atoms with E-state index in [2.05, 4.69) is 4.98 Å². The number of ether oxygens (including phenoxy) is 1. The Kier molecular flexibility index (Phi) is 2.56. The molecule has 0 radical (unpaired) electrons. The molecule has 3 rings (SSSR count). The lowest BCUT2D eigenvalue weighted by Crippen LogP contribution is -2.20. The molecule has 0 spiro atoms. The molecule has 0 saturated heterocycles. The van der Waals surface area contributed by atoms with E-state index in [0.29, 0.717) is 12.3 Å². The number of hydrogen-bond donors (Lipinski definition) is 0. The summed E-state index contributed by atoms with van der Waals surface area (Å²) in [6, 6.07) is 6.00. The minimum absolute atomic E-state index is 0.138. The van der Waals surface area contributed by atoms with E-state index in [9.17, 15) is 4.79 Å². The summed E-state index contributed by atoms with van der Waals surface area (Å²) in [5.74, 6) is 0.766. The smallest absolute Gasteiger partial charge is 0.231 e. The average Bonchev–Trinajstić information content (AvgIpc) is 2.95. The zero-order valence-corrected chi connectivity index (χ0v) is 11.0. The number of carbonyl (C=O) groups is 1. The number of likely N-dealkylation sites (N-methyl/N-ethyl adjacent to an activating group) is 1. The molecule has 18 heavy (non-hydrogen) atoms. The standard InChI is InChI=1S/C13H12N2O2S/c1-15-10-4-3-8(5-9(10)6-12(15)16)13-14-11(17-2)7-18-13/h3-5,7H,6H2,1-2H3. The first-order valence-corrected chi connectivity index (χ1v) is 6.46. The Balaban J connectivity index is 2.01. The maximum atomic E-state index is 11.6. The first kappa shape index (κ1) is 11.2. The van der Waals surface area contributed by atoms with E-state index in [-0.39, 0.29) is 5.91 Å². The highest BCUT2D eigenvalue weighted by atomic mass is 32.1. The van der Waals surface area contributed by atoms with Gasteiger partial charge in [0.1, 0.15) is 5.01 Å². The first-order chi connectivity index (χ1) is 8.69. The Bertz CT molecular complexity index is 621. The second kappa shape index (κ2) is 4.10. The van der Waals surface area contributed by atoms with Crippen LogP contribution in [0.3, 0.4) is 0 Å². The molecule has 0 bridgehead atoms. The van der Waals surface area contributed by atoms with Gasteiger partial charge in [-0.15, -0.1) is 11.3 Å². The maximum absolute atomic E-state index is 11.6. The third-order valence-corrected chi connectivity index (χ3v) is 3.97. The average molecular weight is 260 g/mol. The Morgan fingerprint density at radius 1 is 1.44 bits per heavy atom. The number of rotatable bonds is 2. The molecule has 5 heteroatoms. The van der Waals surface area contributed by atoms with Gasteiger partial charge in [-0.2, -0.15) is 0 Å². The molecule has 4 nitrogen and oxygen atoms in total. The van der Waals surface area contributed by atoms with Gasteiger partial charge in [-0.3, -0.25) is 4.79 Å². The Morgan fingerprint density at radius 2 is 2.28 bits per heavy atom. The molecule has 0 aliphatic carbocycles. The highest BCUT2D eigenvalue weighted by Crippen LogP contribution is 2.33. The molecule has 1 aliphatic heterocycles. The van der Waals surface area contributed by atoms with Crippen LogP contribution in [-0.4, -0.2) is 25.0 Å². The van der Waals surface area contributed by atoms with E-state index >= 15 is 0 Å². The summed E-state index contributed by atoms with van der Waals surface area (Å²) in [6.45, 7) is 0. The van der Waals surface area contributed by atoms with Gasteiger partial charge in [-0.05, 0) is 23.8 Å². The number of hydrogen-bond acceptors (Lipinski definition) is 4. The largest absolute Gasteiger partial charge is 0.480 e. The van der Waals surface area contributed by atoms with Crippen molar-refractivity contribution in [3.05, 3.63) is 29.1 Å². The molecule has 2 aromatic rings. The van der Waals surface area contributed by atoms with Crippen LogP contribution in [0.2, 0.25) is 0 Å². The number of amides is 1. The molecule has 1 aromatic heterocycles. The fourth-order valence-electron chi connectivity index (χ4n) is 2.09. The van der Waals surface area contributed by atoms with Gasteiger partial charge >= 0.3 is 0 Å². The summed E-state index contributed by atoms with van der Waals surface area (Å²) in [5, 5.41) is 2.79. The van der Waals surface area contributed by atoms with Gasteiger partial charge < -0.3 is 9.64 Å². The number of anilines is 1. The van der Waals surface area contributed by atoms with Gasteiger partial charge in [0.15, 0.2) is 0 Å². The molecule has 0 saturated carbocycles. The van der Waals surface area contributed by atoms with Gasteiger partial charge in [-0.1, -0.05) is 0 Å². The van der Waals surface area contributed by atoms with Crippen molar-refractivity contribution in [1.82, 2.24) is 4.98 Å². The summed E-state index contributed by atoms with van der Waals surface area (Å²) in [6.07, 6.45) is 0.474. The van der Waals surface area contributed by atoms with E-state index in [0.717, 1.165) is 21.8 Å². The number of thiazole rings is 1. The molecule has 0 N–H and O–H groups in total. The van der Waals surface area contributed by atoms with Crippen LogP contribution in [0.15, 0.2) is 23.6 Å². The fraction of sp³-hybridized carbons (Fsp3) is 0.231. The number of methoxy groups -OCH3 is 1. The minimum Gasteiger partial charge on any atom is -0.480 e. The lowest BCUT2D eigenvalue weighted by atomic mass is 10.1. The van der Waals surface area contributed by atoms with Crippen molar-refractivity contribution in [3.63, 3.8) is 0 Å². The van der Waals surface area contributed by atoms with Crippen LogP contribution in [-0.2, 0) is 11.2 Å². The van der Waals surface area contributed by atoms with E-state index in [4.69, 9.17) is 4.74 Å². The Labute approximate surface area is 109 Å². The zero-order valence-electron chi connectivity index (χ0n) is 10.1. The summed E-state index contributed by atoms with van der Waals surface area (Å²) < 4.78 is 5.08. The van der Waals surface area contributed by atoms with E-state index in [1.165, 1.54) is 11.3 Å². The monoisotopic (exact) mass is 260 g/mol. The van der Waals surface area contributed by atoms with Crippen molar-refractivity contribution in [3.8, 4) is 16.5 Å². The number of carbonyl (C=O) groups excluding carboxylic acids is 1. The number of nitrogens with zero attached hydrogens (tertiary/aromatic N) is 2. The molecule has 2 heterocycles. The third kappa shape index (κ3) is 1.67. The van der Waals surface area contributed by atoms with E-state index in [1.807, 2.05) is 23.6 Å². The lowest BCUT2D eigenvalue weighted by Gasteiger charge is -2.09. The summed E-state index contributed by atoms with van der Waals surface area (Å²) >= 11 is 1.54. The molecule has 0 fully saturated rings. The van der Waals surface area contributed by atoms with Gasteiger partial charge in [0.2, 0.25) is 11.8 Å². The summed E-state index contributed by atoms with van der Waals surface area (Å²) in [5.41, 5.74) is 3.09. The third-order valence-electron chi connectivity index (χ3n) is 3.10. The van der Waals surface area contributed by atoms with E-state index in [1.54, 1.807) is 19.1 Å². The molecule has 0 atom stereocenters. The van der Waals surface area contributed by atoms with Crippen molar-refractivity contribution < 1.29 is 9.53 Å². The fourth-order valence-corrected chi connectivity index (χ4v) is 2.86. The second-order valence-electron chi connectivity index (χ2n) is 4.17. The van der Waals surface area contributed by atoms with Crippen LogP contribution in [0.25, 0.3) is 10.6 Å². The molecule has 0 unspecified atom stereocenters. The predicted molar refractivity (Wildman–Crippen MR) is 71.2 cm³/mol. The van der Waals surface area contributed by atoms with Crippen LogP contribution in [0.4, 0.5) is 5.69 Å². The molecule has 1 aromatic carbocycles. The highest BCUT2D eigenvalue weighted by Gasteiger charge is 2.24. The minimum atomic E-state index is 0.138. The maximum Gasteiger partial charge on any atom is 0.231 e. The van der Waals surface area contributed by atoms with Crippen molar-refractivity contribution in [2.45, 2.75) is 6.42 Å². The van der Waals surface area contributed by atoms with Crippen LogP contribution in [0.1, 0.15) is 5.56 Å². The van der Waals surface area contributed by atoms with Crippen LogP contribution in [0.5, 0.6) is 5.88 Å². The van der Waals surface area contributed by atoms with Crippen LogP contribution < -0.4 is 9.64 Å². The van der Waals surface area contributed by atoms with E-state index < -0.39 is 0 Å². The van der Waals surface area contributed by atoms with Crippen molar-refractivity contribution in [2.75, 3.05) is 19.1 Å². The van der Waals surface area contributed by atoms with Crippen LogP contribution in [0, 0.1) is 0 Å². The molecule has 1 aliphatic rings. The SMILES string of the molecule is COc1csc(-c2ccc3c(c2)CC(=O)N3C)n1. The number of benzene rings is 1. The van der Waals surface area contributed by atoms with Gasteiger partial charge in [0.25, 0.3) is 0 Å². The summed E-state index contributed by atoms with van der Waals surface area (Å²) in [7, 11) is 3.41. The van der Waals surface area contributed by atoms with Crippen molar-refractivity contribution in [1.29, 1.82) is 0 Å². The molecule has 92 valence electrons. The molecule has 1 amide bonds. The topological polar surface area (TPSA) is 42.4 Å². The quantitative estimate of drug-likeness (QED) is 0.832. The Hall–Kier alpha value is -1.88. The van der Waals surface area contributed by atoms with Gasteiger partial charge in [0.05, 0.1) is 18.9 Å². The summed E-state index contributed by atoms with van der Waals surface area (Å²) in [4.78, 5) is 17.7. The van der Waals surface area contributed by atoms with Crippen molar-refractivity contribution >= 4 is 22.9 Å². The van der Waals surface area contributed by atoms with Crippen LogP contribution >= 0.6 is 11.3 Å². The Morgan fingerprint density at radius 3 is 3.00 bits per heavy atom. The number of fused-ring (bicyclic) bond motifs is 1. The number of aromatic nitrogens is 1. The molecular formula is C13H12N2O2S. The predicted octanol–water partition coefficient (Wildman–Crippen LogP) is 2.34. The highest BCUT2D eigenvalue weighted by molar-refractivity contribution is 7.13. The zero-order chi connectivity index (χ0) is 12.7.